The zero-order valence-corrected chi connectivity index (χ0v) is 19.3. The molecule has 0 spiro atoms. The molecule has 2 saturated carbocycles. The molecular formula is C28H30F6. The Bertz CT molecular complexity index is 999. The Morgan fingerprint density at radius 1 is 0.735 bits per heavy atom. The van der Waals surface area contributed by atoms with E-state index in [4.69, 9.17) is 0 Å². The van der Waals surface area contributed by atoms with Crippen LogP contribution in [-0.4, -0.2) is 6.18 Å². The SMILES string of the molecule is CC1CCC(C2CCC(c3ccc(-c4cc(F)c(/C=C/C(F)(F)F)c(F)c4)c(F)c3)CC2)CC1. The lowest BCUT2D eigenvalue weighted by Gasteiger charge is -2.37. The first kappa shape index (κ1) is 24.9. The monoisotopic (exact) mass is 480 g/mol. The highest BCUT2D eigenvalue weighted by Gasteiger charge is 2.30. The Hall–Kier alpha value is -2.24. The standard InChI is InChI=1S/C28H30F6/c1-17-2-4-18(5-3-17)19-6-8-20(9-7-19)21-10-11-23(25(29)14-21)22-15-26(30)24(27(31)16-22)12-13-28(32,33)34/h10-20H,2-9H2,1H3/b13-12+. The van der Waals surface area contributed by atoms with Crippen molar-refractivity contribution in [2.75, 3.05) is 0 Å². The average Bonchev–Trinajstić information content (AvgIpc) is 2.78. The predicted molar refractivity (Wildman–Crippen MR) is 123 cm³/mol. The Labute approximate surface area is 197 Å². The molecule has 34 heavy (non-hydrogen) atoms. The summed E-state index contributed by atoms with van der Waals surface area (Å²) < 4.78 is 80.6. The number of rotatable bonds is 4. The van der Waals surface area contributed by atoms with Gasteiger partial charge in [0.1, 0.15) is 17.5 Å². The second-order valence-electron chi connectivity index (χ2n) is 10.1. The van der Waals surface area contributed by atoms with Crippen molar-refractivity contribution < 1.29 is 26.3 Å². The van der Waals surface area contributed by atoms with Crippen molar-refractivity contribution in [1.82, 2.24) is 0 Å². The molecule has 0 saturated heterocycles. The Morgan fingerprint density at radius 3 is 1.82 bits per heavy atom. The highest BCUT2D eigenvalue weighted by molar-refractivity contribution is 5.67. The van der Waals surface area contributed by atoms with E-state index in [9.17, 15) is 26.3 Å². The quantitative estimate of drug-likeness (QED) is 0.382. The first-order valence-corrected chi connectivity index (χ1v) is 12.2. The fourth-order valence-electron chi connectivity index (χ4n) is 5.78. The van der Waals surface area contributed by atoms with E-state index in [0.717, 1.165) is 61.1 Å². The maximum Gasteiger partial charge on any atom is 0.409 e. The largest absolute Gasteiger partial charge is 0.409 e. The van der Waals surface area contributed by atoms with E-state index in [0.29, 0.717) is 6.08 Å². The van der Waals surface area contributed by atoms with Gasteiger partial charge in [0.05, 0.1) is 0 Å². The second kappa shape index (κ2) is 10.2. The maximum atomic E-state index is 15.0. The van der Waals surface area contributed by atoms with Gasteiger partial charge in [-0.25, -0.2) is 13.2 Å². The molecule has 0 N–H and O–H groups in total. The van der Waals surface area contributed by atoms with Gasteiger partial charge in [0.2, 0.25) is 0 Å². The molecule has 2 aromatic carbocycles. The van der Waals surface area contributed by atoms with Crippen LogP contribution in [0.25, 0.3) is 17.2 Å². The third-order valence-electron chi connectivity index (χ3n) is 7.79. The molecule has 0 aromatic heterocycles. The summed E-state index contributed by atoms with van der Waals surface area (Å²) in [6.07, 6.45) is 5.02. The van der Waals surface area contributed by atoms with Gasteiger partial charge in [-0.2, -0.15) is 13.2 Å². The van der Waals surface area contributed by atoms with Crippen molar-refractivity contribution >= 4 is 6.08 Å². The van der Waals surface area contributed by atoms with Crippen LogP contribution in [0.1, 0.15) is 75.3 Å². The number of benzene rings is 2. The molecule has 2 aliphatic carbocycles. The minimum absolute atomic E-state index is 0.0258. The molecule has 2 fully saturated rings. The van der Waals surface area contributed by atoms with E-state index >= 15 is 0 Å². The molecule has 0 aliphatic heterocycles. The van der Waals surface area contributed by atoms with Crippen LogP contribution in [-0.2, 0) is 0 Å². The average molecular weight is 481 g/mol. The summed E-state index contributed by atoms with van der Waals surface area (Å²) in [6.45, 7) is 2.33. The molecule has 0 amide bonds. The van der Waals surface area contributed by atoms with E-state index in [2.05, 4.69) is 6.92 Å². The zero-order chi connectivity index (χ0) is 24.5. The highest BCUT2D eigenvalue weighted by Crippen LogP contribution is 2.44. The van der Waals surface area contributed by atoms with E-state index in [1.165, 1.54) is 37.8 Å². The molecule has 6 heteroatoms. The van der Waals surface area contributed by atoms with Gasteiger partial charge in [-0.3, -0.25) is 0 Å². The first-order chi connectivity index (χ1) is 16.1. The molecule has 0 unspecified atom stereocenters. The van der Waals surface area contributed by atoms with Gasteiger partial charge in [-0.1, -0.05) is 31.9 Å². The normalized spacial score (nSPS) is 26.2. The molecule has 0 atom stereocenters. The van der Waals surface area contributed by atoms with Crippen LogP contribution in [0.3, 0.4) is 0 Å². The van der Waals surface area contributed by atoms with Crippen molar-refractivity contribution in [3.05, 3.63) is 65.0 Å². The summed E-state index contributed by atoms with van der Waals surface area (Å²) in [6, 6.07) is 6.49. The Kier molecular flexibility index (Phi) is 7.44. The molecule has 0 nitrogen and oxygen atoms in total. The third-order valence-corrected chi connectivity index (χ3v) is 7.79. The lowest BCUT2D eigenvalue weighted by molar-refractivity contribution is -0.0790. The van der Waals surface area contributed by atoms with Crippen LogP contribution in [0.4, 0.5) is 26.3 Å². The van der Waals surface area contributed by atoms with Crippen molar-refractivity contribution in [2.24, 2.45) is 17.8 Å². The molecular weight excluding hydrogens is 450 g/mol. The lowest BCUT2D eigenvalue weighted by Crippen LogP contribution is -2.24. The molecule has 4 rings (SSSR count). The van der Waals surface area contributed by atoms with Crippen LogP contribution in [0.2, 0.25) is 0 Å². The van der Waals surface area contributed by atoms with E-state index < -0.39 is 29.2 Å². The van der Waals surface area contributed by atoms with E-state index in [1.807, 2.05) is 0 Å². The van der Waals surface area contributed by atoms with Gasteiger partial charge in [0.15, 0.2) is 0 Å². The van der Waals surface area contributed by atoms with Crippen molar-refractivity contribution in [1.29, 1.82) is 0 Å². The summed E-state index contributed by atoms with van der Waals surface area (Å²) in [4.78, 5) is 0. The molecule has 184 valence electrons. The Morgan fingerprint density at radius 2 is 1.29 bits per heavy atom. The van der Waals surface area contributed by atoms with Gasteiger partial charge in [-0.05, 0) is 97.6 Å². The summed E-state index contributed by atoms with van der Waals surface area (Å²) in [5.74, 6) is -0.255. The molecule has 0 radical (unpaired) electrons. The lowest BCUT2D eigenvalue weighted by atomic mass is 9.68. The van der Waals surface area contributed by atoms with Gasteiger partial charge in [0, 0.05) is 17.2 Å². The van der Waals surface area contributed by atoms with E-state index in [-0.39, 0.29) is 23.1 Å². The van der Waals surface area contributed by atoms with Crippen molar-refractivity contribution in [3.63, 3.8) is 0 Å². The van der Waals surface area contributed by atoms with Crippen molar-refractivity contribution in [3.8, 4) is 11.1 Å². The number of halogens is 6. The fourth-order valence-corrected chi connectivity index (χ4v) is 5.78. The number of hydrogen-bond acceptors (Lipinski definition) is 0. The summed E-state index contributed by atoms with van der Waals surface area (Å²) >= 11 is 0. The maximum absolute atomic E-state index is 15.0. The minimum atomic E-state index is -4.69. The van der Waals surface area contributed by atoms with Crippen LogP contribution in [0.5, 0.6) is 0 Å². The third kappa shape index (κ3) is 5.87. The predicted octanol–water partition coefficient (Wildman–Crippen LogP) is 9.45. The topological polar surface area (TPSA) is 0 Å². The summed E-state index contributed by atoms with van der Waals surface area (Å²) in [7, 11) is 0. The van der Waals surface area contributed by atoms with Gasteiger partial charge < -0.3 is 0 Å². The highest BCUT2D eigenvalue weighted by atomic mass is 19.4. The van der Waals surface area contributed by atoms with Gasteiger partial charge in [-0.15, -0.1) is 0 Å². The molecule has 2 aromatic rings. The number of alkyl halides is 3. The second-order valence-corrected chi connectivity index (χ2v) is 10.1. The van der Waals surface area contributed by atoms with Crippen LogP contribution in [0.15, 0.2) is 36.4 Å². The molecule has 2 aliphatic rings. The van der Waals surface area contributed by atoms with Crippen LogP contribution < -0.4 is 0 Å². The minimum Gasteiger partial charge on any atom is -0.206 e. The summed E-state index contributed by atoms with van der Waals surface area (Å²) in [5.41, 5.74) is 0.0706. The molecule has 0 heterocycles. The molecule has 0 bridgehead atoms. The zero-order valence-electron chi connectivity index (χ0n) is 19.3. The summed E-state index contributed by atoms with van der Waals surface area (Å²) in [5, 5.41) is 0. The van der Waals surface area contributed by atoms with Crippen LogP contribution in [0, 0.1) is 35.2 Å². The van der Waals surface area contributed by atoms with Crippen LogP contribution >= 0.6 is 0 Å². The number of hydrogen-bond donors (Lipinski definition) is 0. The van der Waals surface area contributed by atoms with Gasteiger partial charge >= 0.3 is 6.18 Å². The first-order valence-electron chi connectivity index (χ1n) is 12.2. The van der Waals surface area contributed by atoms with Gasteiger partial charge in [0.25, 0.3) is 0 Å². The van der Waals surface area contributed by atoms with E-state index in [1.54, 1.807) is 6.07 Å². The number of allylic oxidation sites excluding steroid dienone is 1. The smallest absolute Gasteiger partial charge is 0.206 e. The Balaban J connectivity index is 1.45. The fraction of sp³-hybridized carbons (Fsp3) is 0.500. The van der Waals surface area contributed by atoms with Crippen molar-refractivity contribution in [2.45, 2.75) is 70.4 Å².